The predicted octanol–water partition coefficient (Wildman–Crippen LogP) is 1.31. The van der Waals surface area contributed by atoms with Crippen LogP contribution >= 0.6 is 23.2 Å². The number of halogens is 4. The summed E-state index contributed by atoms with van der Waals surface area (Å²) in [4.78, 5) is 15.7. The van der Waals surface area contributed by atoms with Crippen LogP contribution in [0.15, 0.2) is 0 Å². The SMILES string of the molecule is NS(=O)(=O)CC1CC(=O)N(c2c(Cl)c(F)nc(F)c2Cl)C1. The van der Waals surface area contributed by atoms with E-state index in [0.29, 0.717) is 0 Å². The Hall–Kier alpha value is -1.03. The summed E-state index contributed by atoms with van der Waals surface area (Å²) in [7, 11) is -3.78. The van der Waals surface area contributed by atoms with Crippen LogP contribution in [0, 0.1) is 17.8 Å². The maximum absolute atomic E-state index is 13.4. The standard InChI is InChI=1S/C10H9Cl2F2N3O3S/c11-6-8(7(12)10(14)16-9(6)13)17-2-4(1-5(17)18)3-21(15,19)20/h4H,1-3H2,(H2,15,19,20). The van der Waals surface area contributed by atoms with Gasteiger partial charge in [-0.2, -0.15) is 13.8 Å². The van der Waals surface area contributed by atoms with E-state index in [1.165, 1.54) is 0 Å². The van der Waals surface area contributed by atoms with Gasteiger partial charge in [-0.05, 0) is 0 Å². The summed E-state index contributed by atoms with van der Waals surface area (Å²) >= 11 is 11.3. The summed E-state index contributed by atoms with van der Waals surface area (Å²) in [5, 5.41) is 3.70. The molecule has 1 aliphatic heterocycles. The summed E-state index contributed by atoms with van der Waals surface area (Å²) in [5.74, 6) is -4.22. The quantitative estimate of drug-likeness (QED) is 0.823. The summed E-state index contributed by atoms with van der Waals surface area (Å²) < 4.78 is 48.8. The maximum atomic E-state index is 13.4. The fraction of sp³-hybridized carbons (Fsp3) is 0.400. The molecule has 2 heterocycles. The molecular weight excluding hydrogens is 351 g/mol. The lowest BCUT2D eigenvalue weighted by molar-refractivity contribution is -0.117. The molecule has 2 rings (SSSR count). The number of carbonyl (C=O) groups excluding carboxylic acids is 1. The molecule has 0 radical (unpaired) electrons. The van der Waals surface area contributed by atoms with Crippen molar-refractivity contribution < 1.29 is 22.0 Å². The third-order valence-corrected chi connectivity index (χ3v) is 4.52. The van der Waals surface area contributed by atoms with E-state index in [1.54, 1.807) is 0 Å². The maximum Gasteiger partial charge on any atom is 0.236 e. The van der Waals surface area contributed by atoms with E-state index in [1.807, 2.05) is 0 Å². The van der Waals surface area contributed by atoms with Crippen LogP contribution in [0.5, 0.6) is 0 Å². The van der Waals surface area contributed by atoms with Gasteiger partial charge in [0.05, 0.1) is 11.4 Å². The first kappa shape index (κ1) is 16.3. The van der Waals surface area contributed by atoms with Crippen LogP contribution in [0.1, 0.15) is 6.42 Å². The molecule has 1 fully saturated rings. The van der Waals surface area contributed by atoms with Gasteiger partial charge < -0.3 is 4.90 Å². The van der Waals surface area contributed by atoms with Crippen molar-refractivity contribution in [3.05, 3.63) is 21.9 Å². The Balaban J connectivity index is 2.38. The lowest BCUT2D eigenvalue weighted by Gasteiger charge is -2.19. The van der Waals surface area contributed by atoms with Gasteiger partial charge in [-0.15, -0.1) is 0 Å². The molecule has 0 aromatic carbocycles. The van der Waals surface area contributed by atoms with E-state index in [9.17, 15) is 22.0 Å². The number of hydrogen-bond acceptors (Lipinski definition) is 4. The Morgan fingerprint density at radius 2 is 1.81 bits per heavy atom. The van der Waals surface area contributed by atoms with Gasteiger partial charge >= 0.3 is 0 Å². The highest BCUT2D eigenvalue weighted by Crippen LogP contribution is 2.39. The van der Waals surface area contributed by atoms with Gasteiger partial charge in [-0.3, -0.25) is 4.79 Å². The Kier molecular flexibility index (Phi) is 4.39. The molecule has 11 heteroatoms. The van der Waals surface area contributed by atoms with E-state index < -0.39 is 49.5 Å². The molecule has 1 aromatic heterocycles. The van der Waals surface area contributed by atoms with Gasteiger partial charge in [0.2, 0.25) is 27.8 Å². The van der Waals surface area contributed by atoms with Gasteiger partial charge in [0.1, 0.15) is 10.0 Å². The minimum Gasteiger partial charge on any atom is -0.309 e. The first-order valence-electron chi connectivity index (χ1n) is 5.61. The van der Waals surface area contributed by atoms with Crippen LogP contribution < -0.4 is 10.0 Å². The predicted molar refractivity (Wildman–Crippen MR) is 72.6 cm³/mol. The number of anilines is 1. The number of primary sulfonamides is 1. The summed E-state index contributed by atoms with van der Waals surface area (Å²) in [6.07, 6.45) is -0.144. The molecular formula is C10H9Cl2F2N3O3S. The van der Waals surface area contributed by atoms with Gasteiger partial charge in [-0.25, -0.2) is 13.6 Å². The summed E-state index contributed by atoms with van der Waals surface area (Å²) in [6.45, 7) is -0.113. The van der Waals surface area contributed by atoms with E-state index >= 15 is 0 Å². The molecule has 1 atom stereocenters. The molecule has 1 aromatic rings. The first-order chi connectivity index (χ1) is 9.60. The molecule has 1 saturated heterocycles. The van der Waals surface area contributed by atoms with Crippen LogP contribution in [0.2, 0.25) is 10.0 Å². The Bertz CT molecular complexity index is 688. The second-order valence-corrected chi connectivity index (χ2v) is 6.99. The Morgan fingerprint density at radius 3 is 2.29 bits per heavy atom. The van der Waals surface area contributed by atoms with Crippen molar-refractivity contribution in [1.29, 1.82) is 0 Å². The van der Waals surface area contributed by atoms with Crippen molar-refractivity contribution in [3.8, 4) is 0 Å². The Morgan fingerprint density at radius 1 is 1.29 bits per heavy atom. The van der Waals surface area contributed by atoms with E-state index in [4.69, 9.17) is 28.3 Å². The average Bonchev–Trinajstić information content (AvgIpc) is 2.66. The molecule has 21 heavy (non-hydrogen) atoms. The highest BCUT2D eigenvalue weighted by atomic mass is 35.5. The molecule has 1 amide bonds. The van der Waals surface area contributed by atoms with Crippen molar-refractivity contribution in [1.82, 2.24) is 4.98 Å². The number of nitrogens with zero attached hydrogens (tertiary/aromatic N) is 2. The number of amides is 1. The molecule has 0 saturated carbocycles. The zero-order valence-electron chi connectivity index (χ0n) is 10.3. The number of rotatable bonds is 3. The Labute approximate surface area is 128 Å². The van der Waals surface area contributed by atoms with Crippen LogP contribution in [0.3, 0.4) is 0 Å². The van der Waals surface area contributed by atoms with Gasteiger partial charge in [0.15, 0.2) is 0 Å². The van der Waals surface area contributed by atoms with Crippen LogP contribution in [0.25, 0.3) is 0 Å². The molecule has 2 N–H and O–H groups in total. The number of aromatic nitrogens is 1. The monoisotopic (exact) mass is 359 g/mol. The zero-order valence-corrected chi connectivity index (χ0v) is 12.6. The lowest BCUT2D eigenvalue weighted by Crippen LogP contribution is -2.28. The highest BCUT2D eigenvalue weighted by Gasteiger charge is 2.36. The molecule has 0 aliphatic carbocycles. The number of nitrogens with two attached hydrogens (primary N) is 1. The number of hydrogen-bond donors (Lipinski definition) is 1. The second kappa shape index (κ2) is 5.64. The number of pyridine rings is 1. The van der Waals surface area contributed by atoms with Gasteiger partial charge in [0, 0.05) is 18.9 Å². The number of sulfonamides is 1. The first-order valence-corrected chi connectivity index (χ1v) is 8.08. The molecule has 0 spiro atoms. The second-order valence-electron chi connectivity index (χ2n) is 4.57. The van der Waals surface area contributed by atoms with Crippen molar-refractivity contribution in [2.24, 2.45) is 11.1 Å². The van der Waals surface area contributed by atoms with Crippen LogP contribution in [0.4, 0.5) is 14.5 Å². The minimum absolute atomic E-state index is 0.113. The van der Waals surface area contributed by atoms with Crippen molar-refractivity contribution in [2.45, 2.75) is 6.42 Å². The highest BCUT2D eigenvalue weighted by molar-refractivity contribution is 7.89. The van der Waals surface area contributed by atoms with Crippen LogP contribution in [-0.2, 0) is 14.8 Å². The lowest BCUT2D eigenvalue weighted by atomic mass is 10.1. The molecule has 1 aliphatic rings. The third-order valence-electron chi connectivity index (χ3n) is 2.92. The summed E-state index contributed by atoms with van der Waals surface area (Å²) in [6, 6.07) is 0. The number of carbonyl (C=O) groups is 1. The molecule has 1 unspecified atom stereocenters. The van der Waals surface area contributed by atoms with E-state index in [2.05, 4.69) is 4.98 Å². The molecule has 6 nitrogen and oxygen atoms in total. The summed E-state index contributed by atoms with van der Waals surface area (Å²) in [5.41, 5.74) is -0.356. The zero-order chi connectivity index (χ0) is 15.9. The topological polar surface area (TPSA) is 93.4 Å². The largest absolute Gasteiger partial charge is 0.309 e. The van der Waals surface area contributed by atoms with E-state index in [-0.39, 0.29) is 18.7 Å². The van der Waals surface area contributed by atoms with E-state index in [0.717, 1.165) is 4.90 Å². The fourth-order valence-corrected chi connectivity index (χ4v) is 3.56. The van der Waals surface area contributed by atoms with Gasteiger partial charge in [-0.1, -0.05) is 23.2 Å². The average molecular weight is 360 g/mol. The van der Waals surface area contributed by atoms with Crippen molar-refractivity contribution >= 4 is 44.8 Å². The fourth-order valence-electron chi connectivity index (χ4n) is 2.15. The van der Waals surface area contributed by atoms with Gasteiger partial charge in [0.25, 0.3) is 0 Å². The normalized spacial score (nSPS) is 19.4. The third kappa shape index (κ3) is 3.42. The van der Waals surface area contributed by atoms with Crippen molar-refractivity contribution in [3.63, 3.8) is 0 Å². The van der Waals surface area contributed by atoms with Crippen LogP contribution in [-0.4, -0.2) is 31.6 Å². The smallest absolute Gasteiger partial charge is 0.236 e. The minimum atomic E-state index is -3.78. The molecule has 0 bridgehead atoms. The molecule has 116 valence electrons. The van der Waals surface area contributed by atoms with Crippen molar-refractivity contribution in [2.75, 3.05) is 17.2 Å².